The van der Waals surface area contributed by atoms with Crippen molar-refractivity contribution in [2.75, 3.05) is 19.6 Å². The Morgan fingerprint density at radius 3 is 2.11 bits per heavy atom. The van der Waals surface area contributed by atoms with Crippen LogP contribution in [0.25, 0.3) is 0 Å². The third-order valence-corrected chi connectivity index (χ3v) is 15.9. The highest BCUT2D eigenvalue weighted by atomic mass is 16.5. The van der Waals surface area contributed by atoms with E-state index < -0.39 is 11.4 Å². The van der Waals surface area contributed by atoms with Gasteiger partial charge in [0.2, 0.25) is 0 Å². The van der Waals surface area contributed by atoms with Crippen molar-refractivity contribution in [1.82, 2.24) is 4.90 Å². The van der Waals surface area contributed by atoms with Gasteiger partial charge in [-0.05, 0) is 162 Å². The lowest BCUT2D eigenvalue weighted by molar-refractivity contribution is -0.249. The molecule has 5 nitrogen and oxygen atoms in total. The van der Waals surface area contributed by atoms with E-state index in [1.54, 1.807) is 13.8 Å². The van der Waals surface area contributed by atoms with Crippen LogP contribution in [0.15, 0.2) is 0 Å². The number of carboxylic acid groups (broad SMARTS) is 1. The molecule has 0 aromatic heterocycles. The van der Waals surface area contributed by atoms with Crippen LogP contribution in [0.1, 0.15) is 159 Å². The molecule has 2 unspecified atom stereocenters. The fourth-order valence-corrected chi connectivity index (χ4v) is 13.3. The number of carbonyl (C=O) groups excluding carboxylic acids is 1. The first-order valence-electron chi connectivity index (χ1n) is 19.2. The minimum absolute atomic E-state index is 0.0742. The van der Waals surface area contributed by atoms with Gasteiger partial charge in [0.25, 0.3) is 0 Å². The van der Waals surface area contributed by atoms with Crippen LogP contribution in [-0.4, -0.2) is 47.7 Å². The molecule has 0 spiro atoms. The summed E-state index contributed by atoms with van der Waals surface area (Å²) in [5.74, 6) is 1.70. The summed E-state index contributed by atoms with van der Waals surface area (Å²) in [5, 5.41) is 9.57. The van der Waals surface area contributed by atoms with Crippen molar-refractivity contribution in [3.8, 4) is 0 Å². The topological polar surface area (TPSA) is 66.8 Å². The van der Waals surface area contributed by atoms with Gasteiger partial charge in [0.15, 0.2) is 0 Å². The molecule has 5 rings (SSSR count). The lowest BCUT2D eigenvalue weighted by Crippen LogP contribution is -2.66. The van der Waals surface area contributed by atoms with Gasteiger partial charge in [0.1, 0.15) is 6.10 Å². The second-order valence-electron chi connectivity index (χ2n) is 18.8. The van der Waals surface area contributed by atoms with Crippen molar-refractivity contribution < 1.29 is 19.4 Å². The molecule has 5 heteroatoms. The number of ether oxygens (including phenoxy) is 1. The zero-order chi connectivity index (χ0) is 33.1. The van der Waals surface area contributed by atoms with Gasteiger partial charge in [0.05, 0.1) is 11.8 Å². The van der Waals surface area contributed by atoms with Gasteiger partial charge in [-0.1, -0.05) is 54.9 Å². The van der Waals surface area contributed by atoms with E-state index in [0.717, 1.165) is 24.7 Å². The largest absolute Gasteiger partial charge is 0.481 e. The highest BCUT2D eigenvalue weighted by molar-refractivity contribution is 5.81. The molecule has 0 aliphatic heterocycles. The van der Waals surface area contributed by atoms with Gasteiger partial charge in [-0.25, -0.2) is 0 Å². The molecule has 5 saturated carbocycles. The van der Waals surface area contributed by atoms with Gasteiger partial charge >= 0.3 is 11.9 Å². The summed E-state index contributed by atoms with van der Waals surface area (Å²) in [5.41, 5.74) is 0.367. The van der Waals surface area contributed by atoms with Crippen molar-refractivity contribution in [1.29, 1.82) is 0 Å². The Bertz CT molecular complexity index is 1090. The second-order valence-corrected chi connectivity index (χ2v) is 18.8. The molecule has 5 aliphatic carbocycles. The fraction of sp³-hybridized carbons (Fsp3) is 0.950. The molecule has 0 heterocycles. The summed E-state index contributed by atoms with van der Waals surface area (Å²) in [7, 11) is 0. The Labute approximate surface area is 276 Å². The first-order valence-corrected chi connectivity index (χ1v) is 19.2. The molecule has 0 bridgehead atoms. The zero-order valence-corrected chi connectivity index (χ0v) is 30.7. The van der Waals surface area contributed by atoms with E-state index in [4.69, 9.17) is 4.74 Å². The summed E-state index contributed by atoms with van der Waals surface area (Å²) < 4.78 is 6.18. The minimum Gasteiger partial charge on any atom is -0.481 e. The summed E-state index contributed by atoms with van der Waals surface area (Å²) in [6.07, 6.45) is 18.2. The lowest BCUT2D eigenvalue weighted by atomic mass is 9.32. The Kier molecular flexibility index (Phi) is 9.71. The van der Waals surface area contributed by atoms with Crippen molar-refractivity contribution in [3.05, 3.63) is 0 Å². The molecule has 1 N–H and O–H groups in total. The third-order valence-electron chi connectivity index (χ3n) is 15.9. The van der Waals surface area contributed by atoms with Crippen LogP contribution in [0.4, 0.5) is 0 Å². The van der Waals surface area contributed by atoms with E-state index >= 15 is 0 Å². The van der Waals surface area contributed by atoms with E-state index in [1.807, 2.05) is 0 Å². The Morgan fingerprint density at radius 2 is 1.47 bits per heavy atom. The average molecular weight is 628 g/mol. The monoisotopic (exact) mass is 628 g/mol. The van der Waals surface area contributed by atoms with Crippen LogP contribution >= 0.6 is 0 Å². The highest BCUT2D eigenvalue weighted by Crippen LogP contribution is 2.77. The summed E-state index contributed by atoms with van der Waals surface area (Å²) in [4.78, 5) is 27.5. The number of carbonyl (C=O) groups is 2. The number of aliphatic carboxylic acids is 1. The predicted octanol–water partition coefficient (Wildman–Crippen LogP) is 9.77. The predicted molar refractivity (Wildman–Crippen MR) is 183 cm³/mol. The van der Waals surface area contributed by atoms with Gasteiger partial charge < -0.3 is 14.7 Å². The molecule has 5 aliphatic rings. The summed E-state index contributed by atoms with van der Waals surface area (Å²) in [6.45, 7) is 24.5. The van der Waals surface area contributed by atoms with Crippen LogP contribution in [0.5, 0.6) is 0 Å². The molecule has 0 aromatic carbocycles. The van der Waals surface area contributed by atoms with E-state index in [-0.39, 0.29) is 29.3 Å². The SMILES string of the molecule is CCCN(CCC)CC[C@]12CCC[C@@H]1[C@H]1CCC3[C@@]4(C)CC[C@H](OC(=O)CC(C)(C)C(=O)O)C(C)(C)C4CC[C@@]3(C)[C@]1(C)CC2. The van der Waals surface area contributed by atoms with Crippen molar-refractivity contribution in [3.63, 3.8) is 0 Å². The Balaban J connectivity index is 1.33. The number of rotatable bonds is 11. The van der Waals surface area contributed by atoms with Gasteiger partial charge in [-0.3, -0.25) is 9.59 Å². The number of nitrogens with zero attached hydrogens (tertiary/aromatic N) is 1. The molecule has 0 saturated heterocycles. The number of carboxylic acids is 1. The molecule has 5 fully saturated rings. The quantitative estimate of drug-likeness (QED) is 0.231. The molecule has 258 valence electrons. The fourth-order valence-electron chi connectivity index (χ4n) is 13.3. The maximum absolute atomic E-state index is 13.0. The molecule has 45 heavy (non-hydrogen) atoms. The van der Waals surface area contributed by atoms with E-state index in [2.05, 4.69) is 53.4 Å². The van der Waals surface area contributed by atoms with E-state index in [9.17, 15) is 14.7 Å². The first kappa shape index (κ1) is 35.2. The standard InChI is InChI=1S/C40H69NO4/c1-10-24-41(25-11-2)26-23-40-18-12-13-29(40)28-14-15-31-37(7)19-17-32(45-33(42)27-35(3,4)34(43)44)36(5,6)30(37)16-20-39(31,9)38(28,8)21-22-40/h28-32H,10-27H2,1-9H3,(H,43,44)/t28-,29-,30?,31?,32+,37+,38-,39-,40-/m1/s1. The summed E-state index contributed by atoms with van der Waals surface area (Å²) >= 11 is 0. The highest BCUT2D eigenvalue weighted by Gasteiger charge is 2.70. The van der Waals surface area contributed by atoms with Crippen LogP contribution in [0, 0.1) is 56.2 Å². The molecule has 0 aromatic rings. The molecular weight excluding hydrogens is 558 g/mol. The van der Waals surface area contributed by atoms with Crippen molar-refractivity contribution in [2.24, 2.45) is 56.2 Å². The molecule has 0 radical (unpaired) electrons. The third kappa shape index (κ3) is 5.73. The van der Waals surface area contributed by atoms with E-state index in [0.29, 0.717) is 28.1 Å². The van der Waals surface area contributed by atoms with E-state index in [1.165, 1.54) is 96.7 Å². The first-order chi connectivity index (χ1) is 21.0. The van der Waals surface area contributed by atoms with Gasteiger partial charge in [-0.2, -0.15) is 0 Å². The number of fused-ring (bicyclic) bond motifs is 7. The maximum Gasteiger partial charge on any atom is 0.309 e. The van der Waals surface area contributed by atoms with Crippen molar-refractivity contribution in [2.45, 2.75) is 165 Å². The normalized spacial score (nSPS) is 42.3. The second kappa shape index (κ2) is 12.4. The summed E-state index contributed by atoms with van der Waals surface area (Å²) in [6, 6.07) is 0. The average Bonchev–Trinajstić information content (AvgIpc) is 3.38. The van der Waals surface area contributed by atoms with Crippen LogP contribution in [-0.2, 0) is 14.3 Å². The maximum atomic E-state index is 13.0. The molecular formula is C40H69NO4. The Morgan fingerprint density at radius 1 is 0.778 bits per heavy atom. The lowest BCUT2D eigenvalue weighted by Gasteiger charge is -2.72. The smallest absolute Gasteiger partial charge is 0.309 e. The zero-order valence-electron chi connectivity index (χ0n) is 30.7. The molecule has 9 atom stereocenters. The Hall–Kier alpha value is -1.10. The number of hydrogen-bond acceptors (Lipinski definition) is 4. The molecule has 0 amide bonds. The minimum atomic E-state index is -1.10. The van der Waals surface area contributed by atoms with Gasteiger partial charge in [-0.15, -0.1) is 0 Å². The number of hydrogen-bond donors (Lipinski definition) is 1. The van der Waals surface area contributed by atoms with Crippen LogP contribution in [0.2, 0.25) is 0 Å². The van der Waals surface area contributed by atoms with Gasteiger partial charge in [0, 0.05) is 5.41 Å². The number of esters is 1. The van der Waals surface area contributed by atoms with Crippen LogP contribution < -0.4 is 0 Å². The van der Waals surface area contributed by atoms with Crippen molar-refractivity contribution >= 4 is 11.9 Å². The van der Waals surface area contributed by atoms with Crippen LogP contribution in [0.3, 0.4) is 0 Å².